The van der Waals surface area contributed by atoms with E-state index in [2.05, 4.69) is 5.32 Å². The van der Waals surface area contributed by atoms with Gasteiger partial charge in [0.1, 0.15) is 0 Å². The molecule has 1 aliphatic rings. The lowest BCUT2D eigenvalue weighted by molar-refractivity contribution is -0.133. The van der Waals surface area contributed by atoms with Gasteiger partial charge < -0.3 is 10.4 Å². The highest BCUT2D eigenvalue weighted by molar-refractivity contribution is 4.78. The Hall–Kier alpha value is -0.290. The predicted molar refractivity (Wildman–Crippen MR) is 51.5 cm³/mol. The van der Waals surface area contributed by atoms with Crippen molar-refractivity contribution < 1.29 is 18.3 Å². The fourth-order valence-corrected chi connectivity index (χ4v) is 2.14. The van der Waals surface area contributed by atoms with Crippen LogP contribution in [0, 0.1) is 11.8 Å². The van der Waals surface area contributed by atoms with E-state index < -0.39 is 12.6 Å². The maximum atomic E-state index is 11.8. The molecule has 0 bridgehead atoms. The van der Waals surface area contributed by atoms with Gasteiger partial charge in [-0.3, -0.25) is 0 Å². The van der Waals surface area contributed by atoms with Gasteiger partial charge in [-0.15, -0.1) is 0 Å². The largest absolute Gasteiger partial charge is 0.396 e. The van der Waals surface area contributed by atoms with Crippen molar-refractivity contribution in [2.45, 2.75) is 31.9 Å². The lowest BCUT2D eigenvalue weighted by atomic mass is 9.97. The van der Waals surface area contributed by atoms with Crippen LogP contribution in [0.3, 0.4) is 0 Å². The standard InChI is InChI=1S/C10H18F3NO/c11-10(12,13)4-5-14-6-8-2-1-3-9(8)7-15/h8-9,14-15H,1-7H2. The number of hydrogen-bond acceptors (Lipinski definition) is 2. The molecule has 15 heavy (non-hydrogen) atoms. The van der Waals surface area contributed by atoms with Crippen LogP contribution in [0.1, 0.15) is 25.7 Å². The molecule has 2 unspecified atom stereocenters. The molecule has 0 aromatic rings. The van der Waals surface area contributed by atoms with Crippen LogP contribution >= 0.6 is 0 Å². The Labute approximate surface area is 87.9 Å². The van der Waals surface area contributed by atoms with E-state index >= 15 is 0 Å². The van der Waals surface area contributed by atoms with Gasteiger partial charge in [0, 0.05) is 13.2 Å². The molecule has 0 aliphatic heterocycles. The Kier molecular flexibility index (Phi) is 4.86. The summed E-state index contributed by atoms with van der Waals surface area (Å²) < 4.78 is 35.5. The van der Waals surface area contributed by atoms with E-state index in [9.17, 15) is 13.2 Å². The molecule has 0 amide bonds. The second kappa shape index (κ2) is 5.70. The molecular formula is C10H18F3NO. The van der Waals surface area contributed by atoms with Gasteiger partial charge in [0.25, 0.3) is 0 Å². The molecule has 5 heteroatoms. The smallest absolute Gasteiger partial charge is 0.390 e. The van der Waals surface area contributed by atoms with Crippen molar-refractivity contribution >= 4 is 0 Å². The molecule has 2 N–H and O–H groups in total. The number of nitrogens with one attached hydrogen (secondary N) is 1. The Morgan fingerprint density at radius 1 is 1.20 bits per heavy atom. The minimum Gasteiger partial charge on any atom is -0.396 e. The highest BCUT2D eigenvalue weighted by atomic mass is 19.4. The first-order valence-electron chi connectivity index (χ1n) is 5.41. The number of rotatable bonds is 5. The second-order valence-electron chi connectivity index (χ2n) is 4.20. The van der Waals surface area contributed by atoms with Crippen LogP contribution in [0.15, 0.2) is 0 Å². The van der Waals surface area contributed by atoms with Crippen molar-refractivity contribution in [3.63, 3.8) is 0 Å². The van der Waals surface area contributed by atoms with Gasteiger partial charge in [-0.25, -0.2) is 0 Å². The third-order valence-corrected chi connectivity index (χ3v) is 3.04. The molecular weight excluding hydrogens is 207 g/mol. The molecule has 90 valence electrons. The second-order valence-corrected chi connectivity index (χ2v) is 4.20. The van der Waals surface area contributed by atoms with Crippen molar-refractivity contribution in [1.29, 1.82) is 0 Å². The molecule has 0 saturated heterocycles. The van der Waals surface area contributed by atoms with Crippen molar-refractivity contribution in [3.05, 3.63) is 0 Å². The van der Waals surface area contributed by atoms with Crippen LogP contribution in [0.2, 0.25) is 0 Å². The maximum absolute atomic E-state index is 11.8. The average molecular weight is 225 g/mol. The molecule has 0 spiro atoms. The van der Waals surface area contributed by atoms with E-state index in [1.165, 1.54) is 0 Å². The van der Waals surface area contributed by atoms with Crippen molar-refractivity contribution in [2.75, 3.05) is 19.7 Å². The summed E-state index contributed by atoms with van der Waals surface area (Å²) in [7, 11) is 0. The Bertz CT molecular complexity index is 184. The van der Waals surface area contributed by atoms with Gasteiger partial charge in [-0.2, -0.15) is 13.2 Å². The molecule has 0 aromatic heterocycles. The minimum absolute atomic E-state index is 0.0157. The maximum Gasteiger partial charge on any atom is 0.390 e. The zero-order valence-electron chi connectivity index (χ0n) is 8.69. The van der Waals surface area contributed by atoms with E-state index in [1.807, 2.05) is 0 Å². The van der Waals surface area contributed by atoms with Crippen LogP contribution in [0.25, 0.3) is 0 Å². The monoisotopic (exact) mass is 225 g/mol. The predicted octanol–water partition coefficient (Wildman–Crippen LogP) is 1.94. The van der Waals surface area contributed by atoms with Gasteiger partial charge in [0.2, 0.25) is 0 Å². The lowest BCUT2D eigenvalue weighted by Gasteiger charge is -2.18. The Morgan fingerprint density at radius 2 is 1.87 bits per heavy atom. The number of aliphatic hydroxyl groups is 1. The quantitative estimate of drug-likeness (QED) is 0.701. The van der Waals surface area contributed by atoms with Crippen molar-refractivity contribution in [2.24, 2.45) is 11.8 Å². The highest BCUT2D eigenvalue weighted by Crippen LogP contribution is 2.30. The number of alkyl halides is 3. The van der Waals surface area contributed by atoms with Crippen LogP contribution in [0.4, 0.5) is 13.2 Å². The average Bonchev–Trinajstić information content (AvgIpc) is 2.58. The first kappa shape index (κ1) is 12.8. The molecule has 2 atom stereocenters. The first-order chi connectivity index (χ1) is 7.03. The van der Waals surface area contributed by atoms with Crippen LogP contribution in [-0.2, 0) is 0 Å². The molecule has 2 nitrogen and oxygen atoms in total. The first-order valence-corrected chi connectivity index (χ1v) is 5.41. The third kappa shape index (κ3) is 4.84. The van der Waals surface area contributed by atoms with E-state index in [4.69, 9.17) is 5.11 Å². The molecule has 1 fully saturated rings. The fraction of sp³-hybridized carbons (Fsp3) is 1.00. The fourth-order valence-electron chi connectivity index (χ4n) is 2.14. The SMILES string of the molecule is OCC1CCCC1CNCCC(F)(F)F. The number of hydrogen-bond donors (Lipinski definition) is 2. The van der Waals surface area contributed by atoms with Gasteiger partial charge in [-0.1, -0.05) is 6.42 Å². The van der Waals surface area contributed by atoms with Gasteiger partial charge in [0.05, 0.1) is 6.42 Å². The minimum atomic E-state index is -4.07. The highest BCUT2D eigenvalue weighted by Gasteiger charge is 2.28. The van der Waals surface area contributed by atoms with Crippen LogP contribution < -0.4 is 5.32 Å². The molecule has 0 aromatic carbocycles. The summed E-state index contributed by atoms with van der Waals surface area (Å²) in [5.74, 6) is 0.631. The number of aliphatic hydroxyl groups excluding tert-OH is 1. The van der Waals surface area contributed by atoms with Crippen LogP contribution in [-0.4, -0.2) is 31.0 Å². The van der Waals surface area contributed by atoms with Gasteiger partial charge >= 0.3 is 6.18 Å². The summed E-state index contributed by atoms with van der Waals surface area (Å²) in [6.45, 7) is 0.741. The normalized spacial score (nSPS) is 27.2. The zero-order chi connectivity index (χ0) is 11.3. The summed E-state index contributed by atoms with van der Waals surface area (Å²) in [4.78, 5) is 0. The zero-order valence-corrected chi connectivity index (χ0v) is 8.69. The Balaban J connectivity index is 2.09. The molecule has 1 rings (SSSR count). The van der Waals surface area contributed by atoms with Gasteiger partial charge in [-0.05, 0) is 31.2 Å². The summed E-state index contributed by atoms with van der Waals surface area (Å²) in [5.41, 5.74) is 0. The van der Waals surface area contributed by atoms with Crippen LogP contribution in [0.5, 0.6) is 0 Å². The lowest BCUT2D eigenvalue weighted by Crippen LogP contribution is -2.29. The summed E-state index contributed by atoms with van der Waals surface area (Å²) in [6.07, 6.45) is -1.74. The van der Waals surface area contributed by atoms with Gasteiger partial charge in [0.15, 0.2) is 0 Å². The summed E-state index contributed by atoms with van der Waals surface area (Å²) in [6, 6.07) is 0. The third-order valence-electron chi connectivity index (χ3n) is 3.04. The molecule has 1 saturated carbocycles. The molecule has 0 heterocycles. The van der Waals surface area contributed by atoms with Crippen molar-refractivity contribution in [3.8, 4) is 0 Å². The topological polar surface area (TPSA) is 32.3 Å². The van der Waals surface area contributed by atoms with E-state index in [1.54, 1.807) is 0 Å². The van der Waals surface area contributed by atoms with Crippen molar-refractivity contribution in [1.82, 2.24) is 5.32 Å². The Morgan fingerprint density at radius 3 is 2.47 bits per heavy atom. The van der Waals surface area contributed by atoms with E-state index in [-0.39, 0.29) is 19.1 Å². The molecule has 0 radical (unpaired) electrons. The molecule has 1 aliphatic carbocycles. The summed E-state index contributed by atoms with van der Waals surface area (Å²) in [5, 5.41) is 11.8. The van der Waals surface area contributed by atoms with E-state index in [0.29, 0.717) is 12.5 Å². The number of halogens is 3. The van der Waals surface area contributed by atoms with E-state index in [0.717, 1.165) is 19.3 Å². The summed E-state index contributed by atoms with van der Waals surface area (Å²) >= 11 is 0.